The second-order valence-corrected chi connectivity index (χ2v) is 6.75. The Morgan fingerprint density at radius 3 is 2.48 bits per heavy atom. The molecule has 1 aromatic carbocycles. The summed E-state index contributed by atoms with van der Waals surface area (Å²) in [6.45, 7) is 1.57. The first kappa shape index (κ1) is 16.3. The number of aliphatic hydroxyl groups is 1. The fourth-order valence-corrected chi connectivity index (χ4v) is 3.46. The van der Waals surface area contributed by atoms with Crippen molar-refractivity contribution in [1.29, 1.82) is 0 Å². The van der Waals surface area contributed by atoms with Crippen LogP contribution in [0.3, 0.4) is 0 Å². The zero-order valence-corrected chi connectivity index (χ0v) is 13.6. The Bertz CT molecular complexity index is 593. The zero-order valence-electron chi connectivity index (χ0n) is 12.8. The number of nitrogens with zero attached hydrogens (tertiary/aromatic N) is 1. The number of hydrogen-bond acceptors (Lipinski definition) is 4. The maximum absolute atomic E-state index is 12.4. The van der Waals surface area contributed by atoms with Crippen molar-refractivity contribution >= 4 is 23.5 Å². The summed E-state index contributed by atoms with van der Waals surface area (Å²) in [7, 11) is 0. The summed E-state index contributed by atoms with van der Waals surface area (Å²) in [5, 5.41) is 10.8. The van der Waals surface area contributed by atoms with E-state index >= 15 is 0 Å². The Kier molecular flexibility index (Phi) is 4.60. The van der Waals surface area contributed by atoms with Crippen molar-refractivity contribution in [2.75, 3.05) is 19.7 Å². The number of benzene rings is 1. The lowest BCUT2D eigenvalue weighted by Crippen LogP contribution is -2.45. The Balaban J connectivity index is 1.55. The van der Waals surface area contributed by atoms with Gasteiger partial charge in [-0.1, -0.05) is 23.7 Å². The molecule has 2 aliphatic heterocycles. The van der Waals surface area contributed by atoms with Crippen LogP contribution < -0.4 is 0 Å². The third kappa shape index (κ3) is 3.35. The highest BCUT2D eigenvalue weighted by Crippen LogP contribution is 2.40. The van der Waals surface area contributed by atoms with Crippen LogP contribution in [0.1, 0.15) is 37.4 Å². The third-order valence-electron chi connectivity index (χ3n) is 4.94. The molecule has 124 valence electrons. The Morgan fingerprint density at radius 2 is 1.91 bits per heavy atom. The molecule has 1 atom stereocenters. The smallest absolute Gasteiger partial charge is 0.312 e. The Labute approximate surface area is 140 Å². The molecule has 1 aromatic rings. The van der Waals surface area contributed by atoms with Gasteiger partial charge < -0.3 is 14.7 Å². The minimum absolute atomic E-state index is 0.0408. The van der Waals surface area contributed by atoms with E-state index in [9.17, 15) is 14.7 Å². The van der Waals surface area contributed by atoms with Gasteiger partial charge in [-0.3, -0.25) is 9.59 Å². The number of halogens is 1. The van der Waals surface area contributed by atoms with Gasteiger partial charge in [-0.05, 0) is 37.0 Å². The van der Waals surface area contributed by atoms with Gasteiger partial charge in [0.1, 0.15) is 0 Å². The molecule has 0 aliphatic carbocycles. The predicted molar refractivity (Wildman–Crippen MR) is 84.9 cm³/mol. The number of likely N-dealkylation sites (tertiary alicyclic amines) is 1. The second-order valence-electron chi connectivity index (χ2n) is 6.32. The molecule has 6 heteroatoms. The molecule has 1 amide bonds. The first-order chi connectivity index (χ1) is 11.0. The van der Waals surface area contributed by atoms with Crippen molar-refractivity contribution < 1.29 is 19.4 Å². The van der Waals surface area contributed by atoms with Crippen LogP contribution in [0.15, 0.2) is 24.3 Å². The van der Waals surface area contributed by atoms with Crippen molar-refractivity contribution in [3.63, 3.8) is 0 Å². The Hall–Kier alpha value is -1.59. The fraction of sp³-hybridized carbons (Fsp3) is 0.529. The molecule has 23 heavy (non-hydrogen) atoms. The molecule has 1 unspecified atom stereocenters. The van der Waals surface area contributed by atoms with Gasteiger partial charge in [-0.2, -0.15) is 0 Å². The number of carbonyl (C=O) groups is 2. The van der Waals surface area contributed by atoms with Crippen molar-refractivity contribution in [3.05, 3.63) is 34.9 Å². The average molecular weight is 338 g/mol. The van der Waals surface area contributed by atoms with E-state index < -0.39 is 6.10 Å². The molecule has 0 aromatic heterocycles. The molecule has 2 saturated heterocycles. The van der Waals surface area contributed by atoms with Crippen LogP contribution in [0.4, 0.5) is 0 Å². The average Bonchev–Trinajstić information content (AvgIpc) is 2.89. The number of amides is 1. The second kappa shape index (κ2) is 6.49. The van der Waals surface area contributed by atoms with Gasteiger partial charge in [0, 0.05) is 18.1 Å². The quantitative estimate of drug-likeness (QED) is 0.860. The van der Waals surface area contributed by atoms with Gasteiger partial charge in [-0.15, -0.1) is 0 Å². The number of aliphatic hydroxyl groups excluding tert-OH is 1. The largest absolute Gasteiger partial charge is 0.465 e. The van der Waals surface area contributed by atoms with Crippen LogP contribution in [0.25, 0.3) is 0 Å². The van der Waals surface area contributed by atoms with E-state index in [2.05, 4.69) is 0 Å². The van der Waals surface area contributed by atoms with Crippen LogP contribution in [0, 0.1) is 5.41 Å². The first-order valence-electron chi connectivity index (χ1n) is 7.89. The fourth-order valence-electron chi connectivity index (χ4n) is 3.33. The molecule has 1 spiro atoms. The molecule has 0 bridgehead atoms. The van der Waals surface area contributed by atoms with E-state index in [0.717, 1.165) is 6.42 Å². The van der Waals surface area contributed by atoms with Gasteiger partial charge in [-0.25, -0.2) is 0 Å². The highest BCUT2D eigenvalue weighted by atomic mass is 35.5. The van der Waals surface area contributed by atoms with E-state index in [1.807, 2.05) is 0 Å². The summed E-state index contributed by atoms with van der Waals surface area (Å²) >= 11 is 5.82. The van der Waals surface area contributed by atoms with Gasteiger partial charge in [0.2, 0.25) is 5.91 Å². The van der Waals surface area contributed by atoms with Gasteiger partial charge >= 0.3 is 5.97 Å². The van der Waals surface area contributed by atoms with Crippen molar-refractivity contribution in [2.45, 2.75) is 31.8 Å². The number of esters is 1. The number of carbonyl (C=O) groups excluding carboxylic acids is 2. The SMILES string of the molecule is O=C(CC(O)c1ccc(Cl)cc1)N1CCC2(CCOC2=O)CC1. The van der Waals surface area contributed by atoms with E-state index in [4.69, 9.17) is 16.3 Å². The van der Waals surface area contributed by atoms with Crippen LogP contribution in [-0.4, -0.2) is 41.6 Å². The highest BCUT2D eigenvalue weighted by molar-refractivity contribution is 6.30. The Morgan fingerprint density at radius 1 is 1.26 bits per heavy atom. The summed E-state index contributed by atoms with van der Waals surface area (Å²) in [5.74, 6) is -0.209. The zero-order chi connectivity index (χ0) is 16.4. The molecule has 2 aliphatic rings. The normalized spacial score (nSPS) is 21.3. The lowest BCUT2D eigenvalue weighted by atomic mass is 9.77. The highest BCUT2D eigenvalue weighted by Gasteiger charge is 2.46. The van der Waals surface area contributed by atoms with Crippen LogP contribution in [0.2, 0.25) is 5.02 Å². The molecule has 3 rings (SSSR count). The number of hydrogen-bond donors (Lipinski definition) is 1. The molecule has 2 heterocycles. The van der Waals surface area contributed by atoms with E-state index in [1.54, 1.807) is 29.2 Å². The van der Waals surface area contributed by atoms with Crippen LogP contribution in [-0.2, 0) is 14.3 Å². The van der Waals surface area contributed by atoms with E-state index in [-0.39, 0.29) is 23.7 Å². The third-order valence-corrected chi connectivity index (χ3v) is 5.19. The number of rotatable bonds is 3. The van der Waals surface area contributed by atoms with Gasteiger partial charge in [0.05, 0.1) is 24.5 Å². The maximum Gasteiger partial charge on any atom is 0.312 e. The van der Waals surface area contributed by atoms with Crippen molar-refractivity contribution in [2.24, 2.45) is 5.41 Å². The van der Waals surface area contributed by atoms with E-state index in [0.29, 0.717) is 43.1 Å². The summed E-state index contributed by atoms with van der Waals surface area (Å²) in [6, 6.07) is 6.84. The maximum atomic E-state index is 12.4. The summed E-state index contributed by atoms with van der Waals surface area (Å²) in [5.41, 5.74) is 0.293. The van der Waals surface area contributed by atoms with E-state index in [1.165, 1.54) is 0 Å². The topological polar surface area (TPSA) is 66.8 Å². The molecule has 5 nitrogen and oxygen atoms in total. The first-order valence-corrected chi connectivity index (χ1v) is 8.26. The molecule has 0 radical (unpaired) electrons. The summed E-state index contributed by atoms with van der Waals surface area (Å²) in [4.78, 5) is 25.9. The molecular weight excluding hydrogens is 318 g/mol. The minimum atomic E-state index is -0.841. The molecule has 2 fully saturated rings. The van der Waals surface area contributed by atoms with Crippen LogP contribution in [0.5, 0.6) is 0 Å². The van der Waals surface area contributed by atoms with Crippen molar-refractivity contribution in [3.8, 4) is 0 Å². The lowest BCUT2D eigenvalue weighted by molar-refractivity contribution is -0.151. The van der Waals surface area contributed by atoms with Crippen LogP contribution >= 0.6 is 11.6 Å². The van der Waals surface area contributed by atoms with Gasteiger partial charge in [0.25, 0.3) is 0 Å². The standard InChI is InChI=1S/C17H20ClNO4/c18-13-3-1-12(2-4-13)14(20)11-15(21)19-8-5-17(6-9-19)7-10-23-16(17)22/h1-4,14,20H,5-11H2. The summed E-state index contributed by atoms with van der Waals surface area (Å²) < 4.78 is 5.08. The van der Waals surface area contributed by atoms with Crippen molar-refractivity contribution in [1.82, 2.24) is 4.90 Å². The van der Waals surface area contributed by atoms with Gasteiger partial charge in [0.15, 0.2) is 0 Å². The number of cyclic esters (lactones) is 1. The molecular formula is C17H20ClNO4. The summed E-state index contributed by atoms with van der Waals surface area (Å²) in [6.07, 6.45) is 1.25. The molecule has 1 N–H and O–H groups in total. The number of piperidine rings is 1. The minimum Gasteiger partial charge on any atom is -0.465 e. The molecule has 0 saturated carbocycles. The lowest BCUT2D eigenvalue weighted by Gasteiger charge is -2.36. The number of ether oxygens (including phenoxy) is 1. The monoisotopic (exact) mass is 337 g/mol. The predicted octanol–water partition coefficient (Wildman–Crippen LogP) is 2.32.